The third-order valence-corrected chi connectivity index (χ3v) is 2.91. The lowest BCUT2D eigenvalue weighted by Gasteiger charge is -2.18. The lowest BCUT2D eigenvalue weighted by atomic mass is 10.0. The van der Waals surface area contributed by atoms with Crippen LogP contribution in [0.3, 0.4) is 0 Å². The highest BCUT2D eigenvalue weighted by Crippen LogP contribution is 2.32. The van der Waals surface area contributed by atoms with Gasteiger partial charge in [0, 0.05) is 11.1 Å². The minimum atomic E-state index is -0.355. The van der Waals surface area contributed by atoms with Crippen molar-refractivity contribution in [1.82, 2.24) is 0 Å². The molecule has 18 heavy (non-hydrogen) atoms. The number of hydrogen-bond acceptors (Lipinski definition) is 3. The van der Waals surface area contributed by atoms with Crippen molar-refractivity contribution in [3.63, 3.8) is 0 Å². The van der Waals surface area contributed by atoms with Gasteiger partial charge in [-0.1, -0.05) is 18.2 Å². The average Bonchev–Trinajstić information content (AvgIpc) is 2.74. The van der Waals surface area contributed by atoms with Crippen LogP contribution < -0.4 is 10.5 Å². The molecule has 4 heteroatoms. The number of hydrogen-bond donors (Lipinski definition) is 1. The van der Waals surface area contributed by atoms with Gasteiger partial charge in [-0.25, -0.2) is 0 Å². The summed E-state index contributed by atoms with van der Waals surface area (Å²) in [5.41, 5.74) is 7.87. The molecule has 0 aliphatic carbocycles. The van der Waals surface area contributed by atoms with Gasteiger partial charge in [0.25, 0.3) is 0 Å². The van der Waals surface area contributed by atoms with Gasteiger partial charge in [0.15, 0.2) is 5.22 Å². The number of furan rings is 1. The van der Waals surface area contributed by atoms with Crippen molar-refractivity contribution in [1.29, 1.82) is 0 Å². The molecule has 0 radical (unpaired) electrons. The highest BCUT2D eigenvalue weighted by atomic mass is 35.5. The van der Waals surface area contributed by atoms with E-state index in [-0.39, 0.29) is 12.1 Å². The SMILES string of the molecule is CC(C)Oc1ccccc1C(N)c1ccoc1Cl. The fourth-order valence-electron chi connectivity index (χ4n) is 1.79. The van der Waals surface area contributed by atoms with Gasteiger partial charge in [0.1, 0.15) is 5.75 Å². The normalized spacial score (nSPS) is 12.7. The summed E-state index contributed by atoms with van der Waals surface area (Å²) >= 11 is 5.96. The number of rotatable bonds is 4. The Morgan fingerprint density at radius 1 is 1.17 bits per heavy atom. The van der Waals surface area contributed by atoms with E-state index in [0.717, 1.165) is 16.9 Å². The molecule has 0 aliphatic heterocycles. The van der Waals surface area contributed by atoms with Crippen LogP contribution in [0.15, 0.2) is 41.0 Å². The van der Waals surface area contributed by atoms with Gasteiger partial charge in [0.05, 0.1) is 18.4 Å². The van der Waals surface area contributed by atoms with Crippen molar-refractivity contribution in [2.24, 2.45) is 5.73 Å². The molecule has 0 amide bonds. The molecule has 1 unspecified atom stereocenters. The van der Waals surface area contributed by atoms with Gasteiger partial charge < -0.3 is 14.9 Å². The van der Waals surface area contributed by atoms with Crippen LogP contribution in [0.2, 0.25) is 5.22 Å². The monoisotopic (exact) mass is 265 g/mol. The molecule has 2 rings (SSSR count). The smallest absolute Gasteiger partial charge is 0.198 e. The Morgan fingerprint density at radius 3 is 2.50 bits per heavy atom. The van der Waals surface area contributed by atoms with Crippen molar-refractivity contribution in [2.75, 3.05) is 0 Å². The number of ether oxygens (including phenoxy) is 1. The second-order valence-electron chi connectivity index (χ2n) is 4.33. The third kappa shape index (κ3) is 2.68. The fraction of sp³-hybridized carbons (Fsp3) is 0.286. The van der Waals surface area contributed by atoms with Gasteiger partial charge in [-0.3, -0.25) is 0 Å². The maximum atomic E-state index is 6.21. The Kier molecular flexibility index (Phi) is 3.94. The van der Waals surface area contributed by atoms with E-state index in [9.17, 15) is 0 Å². The van der Waals surface area contributed by atoms with Crippen LogP contribution in [0.25, 0.3) is 0 Å². The summed E-state index contributed by atoms with van der Waals surface area (Å²) in [5.74, 6) is 0.775. The second-order valence-corrected chi connectivity index (χ2v) is 4.68. The fourth-order valence-corrected chi connectivity index (χ4v) is 2.02. The topological polar surface area (TPSA) is 48.4 Å². The molecule has 1 aromatic heterocycles. The predicted molar refractivity (Wildman–Crippen MR) is 72.0 cm³/mol. The summed E-state index contributed by atoms with van der Waals surface area (Å²) in [6.07, 6.45) is 1.63. The molecule has 0 fully saturated rings. The van der Waals surface area contributed by atoms with Crippen LogP contribution in [0.4, 0.5) is 0 Å². The molecule has 0 aliphatic rings. The summed E-state index contributed by atoms with van der Waals surface area (Å²) in [6, 6.07) is 9.11. The van der Waals surface area contributed by atoms with E-state index in [1.165, 1.54) is 6.26 Å². The summed E-state index contributed by atoms with van der Waals surface area (Å²) < 4.78 is 10.8. The Bertz CT molecular complexity index is 522. The van der Waals surface area contributed by atoms with Gasteiger partial charge in [-0.15, -0.1) is 0 Å². The maximum Gasteiger partial charge on any atom is 0.198 e. The molecule has 1 aromatic carbocycles. The average molecular weight is 266 g/mol. The van der Waals surface area contributed by atoms with E-state index in [2.05, 4.69) is 0 Å². The van der Waals surface area contributed by atoms with E-state index in [0.29, 0.717) is 5.22 Å². The highest BCUT2D eigenvalue weighted by Gasteiger charge is 2.18. The molecular formula is C14H16ClNO2. The molecule has 1 heterocycles. The molecule has 2 aromatic rings. The van der Waals surface area contributed by atoms with Gasteiger partial charge in [0.2, 0.25) is 0 Å². The summed E-state index contributed by atoms with van der Waals surface area (Å²) in [4.78, 5) is 0. The molecule has 0 spiro atoms. The lowest BCUT2D eigenvalue weighted by Crippen LogP contribution is -2.15. The zero-order valence-corrected chi connectivity index (χ0v) is 11.1. The van der Waals surface area contributed by atoms with E-state index in [1.54, 1.807) is 6.07 Å². The van der Waals surface area contributed by atoms with E-state index < -0.39 is 0 Å². The Balaban J connectivity index is 2.36. The molecular weight excluding hydrogens is 250 g/mol. The van der Waals surface area contributed by atoms with Crippen molar-refractivity contribution < 1.29 is 9.15 Å². The zero-order valence-electron chi connectivity index (χ0n) is 10.4. The Labute approximate surface area is 111 Å². The predicted octanol–water partition coefficient (Wildman–Crippen LogP) is 3.77. The van der Waals surface area contributed by atoms with E-state index in [1.807, 2.05) is 38.1 Å². The van der Waals surface area contributed by atoms with Crippen molar-refractivity contribution in [3.8, 4) is 5.75 Å². The molecule has 0 bridgehead atoms. The number of nitrogens with two attached hydrogens (primary N) is 1. The van der Waals surface area contributed by atoms with Crippen LogP contribution in [0, 0.1) is 0 Å². The molecule has 0 saturated carbocycles. The molecule has 1 atom stereocenters. The quantitative estimate of drug-likeness (QED) is 0.915. The lowest BCUT2D eigenvalue weighted by molar-refractivity contribution is 0.239. The molecule has 96 valence electrons. The molecule has 0 saturated heterocycles. The van der Waals surface area contributed by atoms with E-state index in [4.69, 9.17) is 26.5 Å². The van der Waals surface area contributed by atoms with E-state index >= 15 is 0 Å². The summed E-state index contributed by atoms with van der Waals surface area (Å²) in [5, 5.41) is 0.321. The number of halogens is 1. The first-order valence-electron chi connectivity index (χ1n) is 5.83. The van der Waals surface area contributed by atoms with Crippen molar-refractivity contribution >= 4 is 11.6 Å². The van der Waals surface area contributed by atoms with Crippen LogP contribution in [-0.4, -0.2) is 6.10 Å². The first-order valence-corrected chi connectivity index (χ1v) is 6.21. The van der Waals surface area contributed by atoms with Gasteiger partial charge >= 0.3 is 0 Å². The first kappa shape index (κ1) is 13.0. The standard InChI is InChI=1S/C14H16ClNO2/c1-9(2)18-12-6-4-3-5-10(12)13(16)11-7-8-17-14(11)15/h3-9,13H,16H2,1-2H3. The van der Waals surface area contributed by atoms with Crippen molar-refractivity contribution in [2.45, 2.75) is 26.0 Å². The van der Waals surface area contributed by atoms with Gasteiger partial charge in [-0.05, 0) is 37.6 Å². The minimum Gasteiger partial charge on any atom is -0.491 e. The van der Waals surface area contributed by atoms with Crippen LogP contribution in [0.1, 0.15) is 31.0 Å². The number of para-hydroxylation sites is 1. The van der Waals surface area contributed by atoms with Crippen LogP contribution in [-0.2, 0) is 0 Å². The second kappa shape index (κ2) is 5.46. The number of benzene rings is 1. The zero-order chi connectivity index (χ0) is 13.1. The first-order chi connectivity index (χ1) is 8.59. The Morgan fingerprint density at radius 2 is 1.89 bits per heavy atom. The van der Waals surface area contributed by atoms with Gasteiger partial charge in [-0.2, -0.15) is 0 Å². The molecule has 2 N–H and O–H groups in total. The molecule has 3 nitrogen and oxygen atoms in total. The minimum absolute atomic E-state index is 0.0955. The highest BCUT2D eigenvalue weighted by molar-refractivity contribution is 6.29. The maximum absolute atomic E-state index is 6.21. The summed E-state index contributed by atoms with van der Waals surface area (Å²) in [7, 11) is 0. The van der Waals surface area contributed by atoms with Crippen molar-refractivity contribution in [3.05, 3.63) is 52.9 Å². The van der Waals surface area contributed by atoms with Crippen LogP contribution >= 0.6 is 11.6 Å². The third-order valence-electron chi connectivity index (χ3n) is 2.60. The summed E-state index contributed by atoms with van der Waals surface area (Å²) in [6.45, 7) is 3.96. The van der Waals surface area contributed by atoms with Crippen LogP contribution in [0.5, 0.6) is 5.75 Å². The largest absolute Gasteiger partial charge is 0.491 e. The Hall–Kier alpha value is -1.45.